The number of nitrogens with zero attached hydrogens (tertiary/aromatic N) is 2. The van der Waals surface area contributed by atoms with Crippen LogP contribution in [0.15, 0.2) is 11.2 Å². The molecule has 1 atom stereocenters. The quantitative estimate of drug-likeness (QED) is 0.662. The van der Waals surface area contributed by atoms with Gasteiger partial charge in [-0.25, -0.2) is 9.97 Å². The first-order chi connectivity index (χ1) is 9.19. The van der Waals surface area contributed by atoms with E-state index < -0.39 is 0 Å². The molecular weight excluding hydrogens is 254 g/mol. The average Bonchev–Trinajstić information content (AvgIpc) is 2.39. The lowest BCUT2D eigenvalue weighted by molar-refractivity contribution is 0.294. The van der Waals surface area contributed by atoms with Crippen LogP contribution in [-0.2, 0) is 0 Å². The SMILES string of the molecule is CNC(CSc1nc(C)cc(C)n1)C1CCCCC1. The molecule has 0 amide bonds. The number of aromatic nitrogens is 2. The summed E-state index contributed by atoms with van der Waals surface area (Å²) in [6.07, 6.45) is 6.96. The summed E-state index contributed by atoms with van der Waals surface area (Å²) in [5, 5.41) is 4.42. The van der Waals surface area contributed by atoms with Crippen LogP contribution >= 0.6 is 11.8 Å². The maximum atomic E-state index is 4.51. The van der Waals surface area contributed by atoms with Crippen LogP contribution in [0.4, 0.5) is 0 Å². The van der Waals surface area contributed by atoms with Gasteiger partial charge in [-0.2, -0.15) is 0 Å². The summed E-state index contributed by atoms with van der Waals surface area (Å²) in [6.45, 7) is 4.07. The van der Waals surface area contributed by atoms with E-state index in [1.807, 2.05) is 19.9 Å². The Bertz CT molecular complexity index is 382. The van der Waals surface area contributed by atoms with Gasteiger partial charge < -0.3 is 5.32 Å². The highest BCUT2D eigenvalue weighted by atomic mass is 32.2. The zero-order valence-corrected chi connectivity index (χ0v) is 13.1. The molecule has 1 unspecified atom stereocenters. The minimum absolute atomic E-state index is 0.592. The maximum Gasteiger partial charge on any atom is 0.188 e. The third kappa shape index (κ3) is 4.46. The molecule has 1 aliphatic rings. The Labute approximate surface area is 121 Å². The molecule has 1 heterocycles. The lowest BCUT2D eigenvalue weighted by Crippen LogP contribution is -2.37. The van der Waals surface area contributed by atoms with Crippen LogP contribution in [0.5, 0.6) is 0 Å². The summed E-state index contributed by atoms with van der Waals surface area (Å²) in [7, 11) is 2.09. The van der Waals surface area contributed by atoms with Gasteiger partial charge in [0.15, 0.2) is 5.16 Å². The normalized spacial score (nSPS) is 18.5. The van der Waals surface area contributed by atoms with Crippen molar-refractivity contribution in [2.24, 2.45) is 5.92 Å². The third-order valence-corrected chi connectivity index (χ3v) is 4.91. The molecule has 1 fully saturated rings. The van der Waals surface area contributed by atoms with Gasteiger partial charge in [-0.1, -0.05) is 31.0 Å². The van der Waals surface area contributed by atoms with Gasteiger partial charge >= 0.3 is 0 Å². The molecule has 1 saturated carbocycles. The molecule has 1 N–H and O–H groups in total. The average molecular weight is 279 g/mol. The zero-order chi connectivity index (χ0) is 13.7. The summed E-state index contributed by atoms with van der Waals surface area (Å²) in [4.78, 5) is 9.02. The van der Waals surface area contributed by atoms with E-state index in [-0.39, 0.29) is 0 Å². The van der Waals surface area contributed by atoms with Gasteiger partial charge in [0.05, 0.1) is 0 Å². The van der Waals surface area contributed by atoms with Gasteiger partial charge in [0, 0.05) is 23.2 Å². The van der Waals surface area contributed by atoms with Crippen molar-refractivity contribution in [2.45, 2.75) is 57.1 Å². The summed E-state index contributed by atoms with van der Waals surface area (Å²) < 4.78 is 0. The molecule has 0 saturated heterocycles. The van der Waals surface area contributed by atoms with Crippen LogP contribution in [0.25, 0.3) is 0 Å². The Morgan fingerprint density at radius 3 is 2.42 bits per heavy atom. The molecular formula is C15H25N3S. The van der Waals surface area contributed by atoms with E-state index in [4.69, 9.17) is 0 Å². The standard InChI is InChI=1S/C15H25N3S/c1-11-9-12(2)18-15(17-11)19-10-14(16-3)13-7-5-4-6-8-13/h9,13-14,16H,4-8,10H2,1-3H3. The molecule has 19 heavy (non-hydrogen) atoms. The van der Waals surface area contributed by atoms with Gasteiger partial charge in [0.2, 0.25) is 0 Å². The van der Waals surface area contributed by atoms with Crippen LogP contribution < -0.4 is 5.32 Å². The van der Waals surface area contributed by atoms with E-state index in [0.717, 1.165) is 28.2 Å². The molecule has 4 heteroatoms. The first-order valence-electron chi connectivity index (χ1n) is 7.31. The molecule has 0 radical (unpaired) electrons. The Hall–Kier alpha value is -0.610. The monoisotopic (exact) mass is 279 g/mol. The minimum atomic E-state index is 0.592. The van der Waals surface area contributed by atoms with Crippen LogP contribution in [0.2, 0.25) is 0 Å². The predicted molar refractivity (Wildman–Crippen MR) is 81.7 cm³/mol. The van der Waals surface area contributed by atoms with Gasteiger partial charge in [-0.15, -0.1) is 0 Å². The number of rotatable bonds is 5. The van der Waals surface area contributed by atoms with E-state index in [9.17, 15) is 0 Å². The van der Waals surface area contributed by atoms with E-state index >= 15 is 0 Å². The van der Waals surface area contributed by atoms with Crippen molar-refractivity contribution in [3.63, 3.8) is 0 Å². The topological polar surface area (TPSA) is 37.8 Å². The third-order valence-electron chi connectivity index (χ3n) is 3.94. The Morgan fingerprint density at radius 1 is 1.21 bits per heavy atom. The van der Waals surface area contributed by atoms with E-state index in [1.54, 1.807) is 11.8 Å². The van der Waals surface area contributed by atoms with Crippen molar-refractivity contribution < 1.29 is 0 Å². The van der Waals surface area contributed by atoms with Crippen molar-refractivity contribution in [1.29, 1.82) is 0 Å². The molecule has 1 aromatic heterocycles. The van der Waals surface area contributed by atoms with Crippen molar-refractivity contribution in [1.82, 2.24) is 15.3 Å². The number of nitrogens with one attached hydrogen (secondary N) is 1. The molecule has 0 aromatic carbocycles. The van der Waals surface area contributed by atoms with Gasteiger partial charge in [-0.3, -0.25) is 0 Å². The minimum Gasteiger partial charge on any atom is -0.316 e. The first-order valence-corrected chi connectivity index (χ1v) is 8.30. The van der Waals surface area contributed by atoms with Gasteiger partial charge in [0.1, 0.15) is 0 Å². The summed E-state index contributed by atoms with van der Waals surface area (Å²) >= 11 is 1.79. The van der Waals surface area contributed by atoms with Crippen molar-refractivity contribution >= 4 is 11.8 Å². The first kappa shape index (κ1) is 14.8. The second-order valence-electron chi connectivity index (χ2n) is 5.54. The van der Waals surface area contributed by atoms with E-state index in [1.165, 1.54) is 32.1 Å². The highest BCUT2D eigenvalue weighted by molar-refractivity contribution is 7.99. The second kappa shape index (κ2) is 7.25. The Morgan fingerprint density at radius 2 is 1.84 bits per heavy atom. The molecule has 106 valence electrons. The lowest BCUT2D eigenvalue weighted by Gasteiger charge is -2.29. The fourth-order valence-corrected chi connectivity index (χ4v) is 4.10. The molecule has 2 rings (SSSR count). The molecule has 1 aromatic rings. The highest BCUT2D eigenvalue weighted by Gasteiger charge is 2.22. The maximum absolute atomic E-state index is 4.51. The largest absolute Gasteiger partial charge is 0.316 e. The second-order valence-corrected chi connectivity index (χ2v) is 6.52. The van der Waals surface area contributed by atoms with Crippen molar-refractivity contribution in [2.75, 3.05) is 12.8 Å². The van der Waals surface area contributed by atoms with E-state index in [2.05, 4.69) is 22.3 Å². The molecule has 1 aliphatic carbocycles. The number of thioether (sulfide) groups is 1. The van der Waals surface area contributed by atoms with Gasteiger partial charge in [0.25, 0.3) is 0 Å². The fourth-order valence-electron chi connectivity index (χ4n) is 2.91. The Kier molecular flexibility index (Phi) is 5.64. The molecule has 0 bridgehead atoms. The molecule has 3 nitrogen and oxygen atoms in total. The number of aryl methyl sites for hydroxylation is 2. The fraction of sp³-hybridized carbons (Fsp3) is 0.733. The van der Waals surface area contributed by atoms with Crippen LogP contribution in [0, 0.1) is 19.8 Å². The predicted octanol–water partition coefficient (Wildman–Crippen LogP) is 3.35. The van der Waals surface area contributed by atoms with Crippen LogP contribution in [0.3, 0.4) is 0 Å². The highest BCUT2D eigenvalue weighted by Crippen LogP contribution is 2.29. The Balaban J connectivity index is 1.91. The van der Waals surface area contributed by atoms with Crippen LogP contribution in [-0.4, -0.2) is 28.8 Å². The smallest absolute Gasteiger partial charge is 0.188 e. The lowest BCUT2D eigenvalue weighted by atomic mass is 9.84. The summed E-state index contributed by atoms with van der Waals surface area (Å²) in [5.74, 6) is 1.90. The zero-order valence-electron chi connectivity index (χ0n) is 12.3. The summed E-state index contributed by atoms with van der Waals surface area (Å²) in [5.41, 5.74) is 2.13. The number of hydrogen-bond donors (Lipinski definition) is 1. The molecule has 0 spiro atoms. The number of hydrogen-bond acceptors (Lipinski definition) is 4. The van der Waals surface area contributed by atoms with Gasteiger partial charge in [-0.05, 0) is 45.7 Å². The molecule has 0 aliphatic heterocycles. The van der Waals surface area contributed by atoms with Crippen molar-refractivity contribution in [3.05, 3.63) is 17.5 Å². The van der Waals surface area contributed by atoms with E-state index in [0.29, 0.717) is 6.04 Å². The summed E-state index contributed by atoms with van der Waals surface area (Å²) in [6, 6.07) is 2.62. The van der Waals surface area contributed by atoms with Crippen LogP contribution in [0.1, 0.15) is 43.5 Å². The van der Waals surface area contributed by atoms with Crippen molar-refractivity contribution in [3.8, 4) is 0 Å².